The SMILES string of the molecule is Nc1cc(Br)sc1CC(=O)O. The molecule has 11 heavy (non-hydrogen) atoms. The number of hydrogen-bond donors (Lipinski definition) is 2. The molecule has 0 amide bonds. The van der Waals surface area contributed by atoms with E-state index in [9.17, 15) is 4.79 Å². The van der Waals surface area contributed by atoms with Gasteiger partial charge in [0.25, 0.3) is 0 Å². The third-order valence-electron chi connectivity index (χ3n) is 1.12. The largest absolute Gasteiger partial charge is 0.481 e. The normalized spacial score (nSPS) is 9.91. The first kappa shape index (κ1) is 8.55. The summed E-state index contributed by atoms with van der Waals surface area (Å²) in [6, 6.07) is 1.71. The summed E-state index contributed by atoms with van der Waals surface area (Å²) in [5.41, 5.74) is 6.05. The van der Waals surface area contributed by atoms with Crippen molar-refractivity contribution in [3.05, 3.63) is 14.7 Å². The molecule has 1 aromatic rings. The van der Waals surface area contributed by atoms with Crippen LogP contribution in [0.15, 0.2) is 9.85 Å². The van der Waals surface area contributed by atoms with E-state index in [1.807, 2.05) is 0 Å². The second-order valence-corrected chi connectivity index (χ2v) is 4.52. The van der Waals surface area contributed by atoms with Gasteiger partial charge in [-0.05, 0) is 22.0 Å². The van der Waals surface area contributed by atoms with E-state index in [2.05, 4.69) is 15.9 Å². The number of carbonyl (C=O) groups is 1. The van der Waals surface area contributed by atoms with Crippen LogP contribution in [-0.4, -0.2) is 11.1 Å². The molecular weight excluding hydrogens is 230 g/mol. The first-order valence-electron chi connectivity index (χ1n) is 2.85. The topological polar surface area (TPSA) is 63.3 Å². The van der Waals surface area contributed by atoms with Crippen molar-refractivity contribution >= 4 is 38.9 Å². The summed E-state index contributed by atoms with van der Waals surface area (Å²) in [5, 5.41) is 8.44. The number of anilines is 1. The van der Waals surface area contributed by atoms with Crippen molar-refractivity contribution in [1.29, 1.82) is 0 Å². The number of halogens is 1. The lowest BCUT2D eigenvalue weighted by atomic mass is 10.3. The van der Waals surface area contributed by atoms with E-state index in [1.54, 1.807) is 6.07 Å². The summed E-state index contributed by atoms with van der Waals surface area (Å²) in [4.78, 5) is 11.0. The quantitative estimate of drug-likeness (QED) is 0.821. The van der Waals surface area contributed by atoms with Gasteiger partial charge in [0.05, 0.1) is 10.2 Å². The van der Waals surface area contributed by atoms with Crippen molar-refractivity contribution in [1.82, 2.24) is 0 Å². The Bertz CT molecular complexity index is 284. The first-order chi connectivity index (χ1) is 5.09. The zero-order valence-corrected chi connectivity index (χ0v) is 7.91. The molecule has 0 saturated heterocycles. The predicted octanol–water partition coefficient (Wildman–Crippen LogP) is 1.72. The maximum absolute atomic E-state index is 10.3. The average molecular weight is 236 g/mol. The third-order valence-corrected chi connectivity index (χ3v) is 2.78. The Morgan fingerprint density at radius 3 is 2.82 bits per heavy atom. The summed E-state index contributed by atoms with van der Waals surface area (Å²) in [5.74, 6) is -0.856. The molecule has 3 nitrogen and oxygen atoms in total. The number of nitrogen functional groups attached to an aromatic ring is 1. The van der Waals surface area contributed by atoms with Crippen LogP contribution in [0, 0.1) is 0 Å². The lowest BCUT2D eigenvalue weighted by molar-refractivity contribution is -0.136. The third kappa shape index (κ3) is 2.20. The summed E-state index contributed by atoms with van der Waals surface area (Å²) in [7, 11) is 0. The van der Waals surface area contributed by atoms with Crippen LogP contribution in [0.4, 0.5) is 5.69 Å². The molecule has 5 heteroatoms. The number of rotatable bonds is 2. The van der Waals surface area contributed by atoms with Crippen LogP contribution in [0.2, 0.25) is 0 Å². The molecule has 60 valence electrons. The van der Waals surface area contributed by atoms with Gasteiger partial charge >= 0.3 is 5.97 Å². The highest BCUT2D eigenvalue weighted by Crippen LogP contribution is 2.29. The fourth-order valence-electron chi connectivity index (χ4n) is 0.684. The molecule has 1 aromatic heterocycles. The highest BCUT2D eigenvalue weighted by molar-refractivity contribution is 9.11. The van der Waals surface area contributed by atoms with Gasteiger partial charge in [-0.25, -0.2) is 0 Å². The minimum absolute atomic E-state index is 0.00208. The monoisotopic (exact) mass is 235 g/mol. The molecule has 0 spiro atoms. The number of thiophene rings is 1. The highest BCUT2D eigenvalue weighted by atomic mass is 79.9. The maximum Gasteiger partial charge on any atom is 0.308 e. The number of nitrogens with two attached hydrogens (primary N) is 1. The van der Waals surface area contributed by atoms with Crippen molar-refractivity contribution < 1.29 is 9.90 Å². The van der Waals surface area contributed by atoms with Gasteiger partial charge in [0, 0.05) is 10.6 Å². The zero-order chi connectivity index (χ0) is 8.43. The van der Waals surface area contributed by atoms with E-state index >= 15 is 0 Å². The molecule has 0 aliphatic carbocycles. The predicted molar refractivity (Wildman–Crippen MR) is 47.8 cm³/mol. The molecule has 0 saturated carbocycles. The van der Waals surface area contributed by atoms with Gasteiger partial charge in [-0.15, -0.1) is 11.3 Å². The van der Waals surface area contributed by atoms with Crippen LogP contribution in [0.5, 0.6) is 0 Å². The summed E-state index contributed by atoms with van der Waals surface area (Å²) >= 11 is 4.57. The fraction of sp³-hybridized carbons (Fsp3) is 0.167. The lowest BCUT2D eigenvalue weighted by Gasteiger charge is -1.91. The maximum atomic E-state index is 10.3. The molecule has 1 heterocycles. The molecule has 0 aliphatic rings. The fourth-order valence-corrected chi connectivity index (χ4v) is 2.31. The first-order valence-corrected chi connectivity index (χ1v) is 4.46. The molecule has 0 bridgehead atoms. The number of carboxylic acids is 1. The summed E-state index contributed by atoms with van der Waals surface area (Å²) in [6.07, 6.45) is 0.00208. The Hall–Kier alpha value is -0.550. The van der Waals surface area contributed by atoms with Crippen molar-refractivity contribution in [3.8, 4) is 0 Å². The number of carboxylic acid groups (broad SMARTS) is 1. The Morgan fingerprint density at radius 1 is 1.82 bits per heavy atom. The summed E-state index contributed by atoms with van der Waals surface area (Å²) in [6.45, 7) is 0. The van der Waals surface area contributed by atoms with Crippen molar-refractivity contribution in [3.63, 3.8) is 0 Å². The van der Waals surface area contributed by atoms with E-state index in [-0.39, 0.29) is 6.42 Å². The lowest BCUT2D eigenvalue weighted by Crippen LogP contribution is -1.99. The molecule has 0 aromatic carbocycles. The van der Waals surface area contributed by atoms with Gasteiger partial charge in [0.1, 0.15) is 0 Å². The Kier molecular flexibility index (Phi) is 2.51. The van der Waals surface area contributed by atoms with E-state index in [1.165, 1.54) is 11.3 Å². The second kappa shape index (κ2) is 3.23. The minimum atomic E-state index is -0.856. The Labute approximate surface area is 76.0 Å². The van der Waals surface area contributed by atoms with Crippen molar-refractivity contribution in [2.75, 3.05) is 5.73 Å². The minimum Gasteiger partial charge on any atom is -0.481 e. The van der Waals surface area contributed by atoms with Crippen LogP contribution < -0.4 is 5.73 Å². The molecule has 1 rings (SSSR count). The van der Waals surface area contributed by atoms with Crippen molar-refractivity contribution in [2.24, 2.45) is 0 Å². The van der Waals surface area contributed by atoms with Crippen LogP contribution in [0.1, 0.15) is 4.88 Å². The Morgan fingerprint density at radius 2 is 2.45 bits per heavy atom. The van der Waals surface area contributed by atoms with E-state index in [4.69, 9.17) is 10.8 Å². The summed E-state index contributed by atoms with van der Waals surface area (Å²) < 4.78 is 0.867. The second-order valence-electron chi connectivity index (χ2n) is 2.00. The Balaban J connectivity index is 2.85. The molecule has 3 N–H and O–H groups in total. The molecule has 0 aliphatic heterocycles. The number of aliphatic carboxylic acids is 1. The molecule has 0 radical (unpaired) electrons. The van der Waals surface area contributed by atoms with E-state index in [0.717, 1.165) is 3.79 Å². The van der Waals surface area contributed by atoms with E-state index in [0.29, 0.717) is 10.6 Å². The van der Waals surface area contributed by atoms with Crippen LogP contribution >= 0.6 is 27.3 Å². The van der Waals surface area contributed by atoms with E-state index < -0.39 is 5.97 Å². The van der Waals surface area contributed by atoms with Crippen LogP contribution in [0.25, 0.3) is 0 Å². The molecule has 0 unspecified atom stereocenters. The van der Waals surface area contributed by atoms with Crippen LogP contribution in [0.3, 0.4) is 0 Å². The smallest absolute Gasteiger partial charge is 0.308 e. The van der Waals surface area contributed by atoms with Gasteiger partial charge in [0.15, 0.2) is 0 Å². The average Bonchev–Trinajstić information content (AvgIpc) is 2.09. The number of hydrogen-bond acceptors (Lipinski definition) is 3. The van der Waals surface area contributed by atoms with Gasteiger partial charge < -0.3 is 10.8 Å². The zero-order valence-electron chi connectivity index (χ0n) is 5.50. The standard InChI is InChI=1S/C6H6BrNO2S/c7-5-1-3(8)4(11-5)2-6(9)10/h1H,2,8H2,(H,9,10). The van der Waals surface area contributed by atoms with Gasteiger partial charge in [-0.2, -0.15) is 0 Å². The van der Waals surface area contributed by atoms with Crippen molar-refractivity contribution in [2.45, 2.75) is 6.42 Å². The van der Waals surface area contributed by atoms with Gasteiger partial charge in [-0.3, -0.25) is 4.79 Å². The van der Waals surface area contributed by atoms with Crippen LogP contribution in [-0.2, 0) is 11.2 Å². The molecule has 0 atom stereocenters. The highest BCUT2D eigenvalue weighted by Gasteiger charge is 2.07. The molecule has 0 fully saturated rings. The van der Waals surface area contributed by atoms with Gasteiger partial charge in [0.2, 0.25) is 0 Å². The molecular formula is C6H6BrNO2S. The van der Waals surface area contributed by atoms with Gasteiger partial charge in [-0.1, -0.05) is 0 Å².